The number of para-hydroxylation sites is 1. The fourth-order valence-corrected chi connectivity index (χ4v) is 4.30. The van der Waals surface area contributed by atoms with E-state index in [4.69, 9.17) is 18.9 Å². The highest BCUT2D eigenvalue weighted by Crippen LogP contribution is 2.58. The van der Waals surface area contributed by atoms with E-state index in [0.29, 0.717) is 0 Å². The standard InChI is InChI=1S/C22H25NO4/c1-21(2)16-12-15(24-4)13-18(26-6)19(16)23(3)22(21)11-10-14-8-7-9-17(25-5)20(14)27-22/h7-13H,1-6H3. The van der Waals surface area contributed by atoms with E-state index in [9.17, 15) is 0 Å². The topological polar surface area (TPSA) is 40.2 Å². The minimum atomic E-state index is -0.712. The van der Waals surface area contributed by atoms with Gasteiger partial charge in [0.05, 0.1) is 32.4 Å². The maximum atomic E-state index is 6.70. The van der Waals surface area contributed by atoms with Crippen molar-refractivity contribution in [1.82, 2.24) is 0 Å². The first-order chi connectivity index (χ1) is 12.9. The average molecular weight is 367 g/mol. The summed E-state index contributed by atoms with van der Waals surface area (Å²) in [5, 5.41) is 0. The van der Waals surface area contributed by atoms with Crippen LogP contribution in [0, 0.1) is 0 Å². The average Bonchev–Trinajstić information content (AvgIpc) is 2.85. The summed E-state index contributed by atoms with van der Waals surface area (Å²) in [7, 11) is 7.04. The third-order valence-electron chi connectivity index (χ3n) is 5.88. The Labute approximate surface area is 160 Å². The van der Waals surface area contributed by atoms with Gasteiger partial charge in [-0.3, -0.25) is 0 Å². The monoisotopic (exact) mass is 367 g/mol. The van der Waals surface area contributed by atoms with Crippen molar-refractivity contribution in [3.05, 3.63) is 47.5 Å². The van der Waals surface area contributed by atoms with E-state index in [-0.39, 0.29) is 5.41 Å². The van der Waals surface area contributed by atoms with Gasteiger partial charge in [0.2, 0.25) is 5.72 Å². The first-order valence-electron chi connectivity index (χ1n) is 8.95. The first kappa shape index (κ1) is 17.6. The second-order valence-corrected chi connectivity index (χ2v) is 7.42. The SMILES string of the molecule is COc1cc(OC)c2c(c1)C(C)(C)C1(C=Cc3cccc(OC)c3O1)N2C. The molecule has 2 aromatic carbocycles. The van der Waals surface area contributed by atoms with Crippen molar-refractivity contribution < 1.29 is 18.9 Å². The minimum absolute atomic E-state index is 0.367. The van der Waals surface area contributed by atoms with Crippen LogP contribution in [0.1, 0.15) is 25.0 Å². The molecular weight excluding hydrogens is 342 g/mol. The van der Waals surface area contributed by atoms with Gasteiger partial charge in [-0.2, -0.15) is 0 Å². The Morgan fingerprint density at radius 1 is 0.963 bits per heavy atom. The van der Waals surface area contributed by atoms with Gasteiger partial charge in [-0.1, -0.05) is 12.1 Å². The molecule has 0 radical (unpaired) electrons. The second-order valence-electron chi connectivity index (χ2n) is 7.42. The Balaban J connectivity index is 1.93. The third kappa shape index (κ3) is 2.17. The molecule has 2 aliphatic rings. The highest BCUT2D eigenvalue weighted by molar-refractivity contribution is 5.78. The molecule has 27 heavy (non-hydrogen) atoms. The Hall–Kier alpha value is -2.82. The van der Waals surface area contributed by atoms with Crippen LogP contribution in [0.3, 0.4) is 0 Å². The quantitative estimate of drug-likeness (QED) is 0.811. The molecule has 1 atom stereocenters. The van der Waals surface area contributed by atoms with Crippen LogP contribution in [0.25, 0.3) is 6.08 Å². The number of likely N-dealkylation sites (N-methyl/N-ethyl adjacent to an activating group) is 1. The number of hydrogen-bond donors (Lipinski definition) is 0. The second kappa shape index (κ2) is 5.84. The number of anilines is 1. The van der Waals surface area contributed by atoms with Gasteiger partial charge in [0.25, 0.3) is 0 Å². The maximum absolute atomic E-state index is 6.70. The fourth-order valence-electron chi connectivity index (χ4n) is 4.30. The predicted octanol–water partition coefficient (Wildman–Crippen LogP) is 4.24. The number of ether oxygens (including phenoxy) is 4. The van der Waals surface area contributed by atoms with Crippen LogP contribution in [-0.2, 0) is 5.41 Å². The highest BCUT2D eigenvalue weighted by Gasteiger charge is 2.59. The van der Waals surface area contributed by atoms with Crippen molar-refractivity contribution in [2.45, 2.75) is 25.0 Å². The van der Waals surface area contributed by atoms with Crippen molar-refractivity contribution in [3.63, 3.8) is 0 Å². The summed E-state index contributed by atoms with van der Waals surface area (Å²) in [6, 6.07) is 9.89. The molecule has 0 aliphatic carbocycles. The molecule has 0 saturated heterocycles. The number of rotatable bonds is 3. The minimum Gasteiger partial charge on any atom is -0.497 e. The molecule has 4 rings (SSSR count). The van der Waals surface area contributed by atoms with E-state index in [1.165, 1.54) is 0 Å². The van der Waals surface area contributed by atoms with Gasteiger partial charge in [-0.25, -0.2) is 0 Å². The zero-order chi connectivity index (χ0) is 19.4. The highest BCUT2D eigenvalue weighted by atomic mass is 16.5. The van der Waals surface area contributed by atoms with Crippen LogP contribution in [-0.4, -0.2) is 34.1 Å². The molecule has 1 spiro atoms. The summed E-state index contributed by atoms with van der Waals surface area (Å²) in [5.74, 6) is 3.00. The molecule has 2 aromatic rings. The maximum Gasteiger partial charge on any atom is 0.212 e. The normalized spacial score (nSPS) is 21.5. The fraction of sp³-hybridized carbons (Fsp3) is 0.364. The zero-order valence-electron chi connectivity index (χ0n) is 16.6. The first-order valence-corrected chi connectivity index (χ1v) is 8.95. The van der Waals surface area contributed by atoms with Crippen molar-refractivity contribution in [2.75, 3.05) is 33.3 Å². The summed E-state index contributed by atoms with van der Waals surface area (Å²) < 4.78 is 23.4. The number of fused-ring (bicyclic) bond motifs is 2. The molecule has 0 N–H and O–H groups in total. The van der Waals surface area contributed by atoms with Gasteiger partial charge < -0.3 is 23.8 Å². The van der Waals surface area contributed by atoms with Gasteiger partial charge >= 0.3 is 0 Å². The lowest BCUT2D eigenvalue weighted by Crippen LogP contribution is -2.58. The van der Waals surface area contributed by atoms with Crippen molar-refractivity contribution in [1.29, 1.82) is 0 Å². The summed E-state index contributed by atoms with van der Waals surface area (Å²) in [4.78, 5) is 2.15. The molecule has 1 unspecified atom stereocenters. The van der Waals surface area contributed by atoms with Crippen molar-refractivity contribution in [3.8, 4) is 23.0 Å². The lowest BCUT2D eigenvalue weighted by atomic mass is 9.76. The summed E-state index contributed by atoms with van der Waals surface area (Å²) in [5.41, 5.74) is 2.05. The van der Waals surface area contributed by atoms with E-state index in [1.807, 2.05) is 31.3 Å². The molecule has 0 fully saturated rings. The molecule has 0 amide bonds. The Morgan fingerprint density at radius 3 is 2.37 bits per heavy atom. The van der Waals surface area contributed by atoms with Crippen molar-refractivity contribution >= 4 is 11.8 Å². The molecule has 2 aliphatic heterocycles. The van der Waals surface area contributed by atoms with E-state index in [1.54, 1.807) is 21.3 Å². The van der Waals surface area contributed by atoms with Crippen LogP contribution >= 0.6 is 0 Å². The molecule has 0 bridgehead atoms. The molecule has 142 valence electrons. The summed E-state index contributed by atoms with van der Waals surface area (Å²) in [6.45, 7) is 4.36. The van der Waals surface area contributed by atoms with E-state index < -0.39 is 5.72 Å². The predicted molar refractivity (Wildman–Crippen MR) is 106 cm³/mol. The van der Waals surface area contributed by atoms with Gasteiger partial charge in [0, 0.05) is 18.7 Å². The molecule has 0 saturated carbocycles. The molecule has 5 heteroatoms. The van der Waals surface area contributed by atoms with Gasteiger partial charge in [-0.05, 0) is 43.7 Å². The smallest absolute Gasteiger partial charge is 0.212 e. The van der Waals surface area contributed by atoms with E-state index in [2.05, 4.69) is 37.0 Å². The van der Waals surface area contributed by atoms with Gasteiger partial charge in [-0.15, -0.1) is 0 Å². The van der Waals surface area contributed by atoms with E-state index in [0.717, 1.165) is 39.8 Å². The van der Waals surface area contributed by atoms with Crippen LogP contribution in [0.4, 0.5) is 5.69 Å². The third-order valence-corrected chi connectivity index (χ3v) is 5.88. The number of benzene rings is 2. The van der Waals surface area contributed by atoms with Gasteiger partial charge in [0.1, 0.15) is 11.5 Å². The molecular formula is C22H25NO4. The molecule has 2 heterocycles. The van der Waals surface area contributed by atoms with Crippen LogP contribution in [0.15, 0.2) is 36.4 Å². The summed E-state index contributed by atoms with van der Waals surface area (Å²) >= 11 is 0. The van der Waals surface area contributed by atoms with E-state index >= 15 is 0 Å². The van der Waals surface area contributed by atoms with Crippen molar-refractivity contribution in [2.24, 2.45) is 0 Å². The number of nitrogens with zero attached hydrogens (tertiary/aromatic N) is 1. The summed E-state index contributed by atoms with van der Waals surface area (Å²) in [6.07, 6.45) is 4.23. The molecule has 5 nitrogen and oxygen atoms in total. The molecule has 0 aromatic heterocycles. The lowest BCUT2D eigenvalue weighted by molar-refractivity contribution is 0.0550. The van der Waals surface area contributed by atoms with Gasteiger partial charge in [0.15, 0.2) is 11.5 Å². The number of hydrogen-bond acceptors (Lipinski definition) is 5. The Kier molecular flexibility index (Phi) is 3.81. The van der Waals surface area contributed by atoms with Crippen LogP contribution < -0.4 is 23.8 Å². The van der Waals surface area contributed by atoms with Crippen LogP contribution in [0.2, 0.25) is 0 Å². The Morgan fingerprint density at radius 2 is 1.70 bits per heavy atom. The zero-order valence-corrected chi connectivity index (χ0v) is 16.6. The number of methoxy groups -OCH3 is 3. The lowest BCUT2D eigenvalue weighted by Gasteiger charge is -2.45. The van der Waals surface area contributed by atoms with Crippen LogP contribution in [0.5, 0.6) is 23.0 Å². The largest absolute Gasteiger partial charge is 0.497 e. The Bertz CT molecular complexity index is 934.